The van der Waals surface area contributed by atoms with Gasteiger partial charge in [-0.25, -0.2) is 8.42 Å². The molecule has 1 heterocycles. The van der Waals surface area contributed by atoms with E-state index in [1.54, 1.807) is 31.3 Å². The molecular weight excluding hydrogens is 448 g/mol. The average molecular weight is 487 g/mol. The number of aromatic nitrogens is 2. The van der Waals surface area contributed by atoms with E-state index in [-0.39, 0.29) is 39.1 Å². The Morgan fingerprint density at radius 2 is 1.79 bits per heavy atom. The third kappa shape index (κ3) is 5.71. The van der Waals surface area contributed by atoms with E-state index < -0.39 is 10.0 Å². The number of anilines is 1. The predicted octanol–water partition coefficient (Wildman–Crippen LogP) is 5.29. The molecular formula is C26H38N4O3S. The van der Waals surface area contributed by atoms with Crippen LogP contribution in [0.4, 0.5) is 5.69 Å². The first-order chi connectivity index (χ1) is 15.6. The van der Waals surface area contributed by atoms with E-state index in [0.29, 0.717) is 5.69 Å². The zero-order chi connectivity index (χ0) is 25.5. The van der Waals surface area contributed by atoms with Gasteiger partial charge in [0.25, 0.3) is 15.9 Å². The predicted molar refractivity (Wildman–Crippen MR) is 137 cm³/mol. The molecule has 1 aromatic carbocycles. The molecule has 0 aliphatic heterocycles. The highest BCUT2D eigenvalue weighted by molar-refractivity contribution is 7.92. The van der Waals surface area contributed by atoms with Crippen molar-refractivity contribution < 1.29 is 13.2 Å². The summed E-state index contributed by atoms with van der Waals surface area (Å²) >= 11 is 0. The van der Waals surface area contributed by atoms with Crippen molar-refractivity contribution in [3.05, 3.63) is 47.3 Å². The maximum Gasteiger partial charge on any atom is 0.271 e. The van der Waals surface area contributed by atoms with Crippen LogP contribution in [0.1, 0.15) is 82.6 Å². The maximum atomic E-state index is 13.4. The van der Waals surface area contributed by atoms with Crippen molar-refractivity contribution in [2.24, 2.45) is 17.9 Å². The standard InChI is InChI=1S/C26H38N4O3S/c1-17-9-11-20(12-10-17)34(32,33)29-22-21(19-13-15-26(6,7)16-14-19)28-30(8)23(22)24(31)27-18(2)25(3,4)5/h9-13,18,29H,14-16H2,1-8H3,(H,27,31). The van der Waals surface area contributed by atoms with Gasteiger partial charge in [-0.2, -0.15) is 5.10 Å². The maximum absolute atomic E-state index is 13.4. The van der Waals surface area contributed by atoms with Gasteiger partial charge in [0.15, 0.2) is 5.69 Å². The van der Waals surface area contributed by atoms with E-state index in [2.05, 4.69) is 35.1 Å². The van der Waals surface area contributed by atoms with Crippen LogP contribution >= 0.6 is 0 Å². The van der Waals surface area contributed by atoms with Crippen LogP contribution in [0.3, 0.4) is 0 Å². The Labute approximate surface area is 204 Å². The summed E-state index contributed by atoms with van der Waals surface area (Å²) in [5, 5.41) is 7.65. The number of benzene rings is 1. The minimum absolute atomic E-state index is 0.130. The summed E-state index contributed by atoms with van der Waals surface area (Å²) in [5.41, 5.74) is 2.90. The molecule has 8 heteroatoms. The summed E-state index contributed by atoms with van der Waals surface area (Å²) in [6.45, 7) is 14.4. The van der Waals surface area contributed by atoms with Crippen molar-refractivity contribution in [3.63, 3.8) is 0 Å². The van der Waals surface area contributed by atoms with E-state index in [9.17, 15) is 13.2 Å². The first-order valence-electron chi connectivity index (χ1n) is 11.8. The summed E-state index contributed by atoms with van der Waals surface area (Å²) in [5.74, 6) is -0.359. The zero-order valence-corrected chi connectivity index (χ0v) is 22.4. The number of allylic oxidation sites excluding steroid dienone is 2. The minimum atomic E-state index is -3.92. The number of sulfonamides is 1. The third-order valence-electron chi connectivity index (χ3n) is 6.75. The molecule has 186 valence electrons. The second-order valence-electron chi connectivity index (χ2n) is 11.3. The molecule has 0 spiro atoms. The summed E-state index contributed by atoms with van der Waals surface area (Å²) in [6.07, 6.45) is 4.71. The largest absolute Gasteiger partial charge is 0.348 e. The monoisotopic (exact) mass is 486 g/mol. The van der Waals surface area contributed by atoms with Gasteiger partial charge in [-0.1, -0.05) is 58.4 Å². The summed E-state index contributed by atoms with van der Waals surface area (Å²) in [7, 11) is -2.25. The van der Waals surface area contributed by atoms with Crippen molar-refractivity contribution in [1.29, 1.82) is 0 Å². The molecule has 1 aliphatic rings. The number of carbonyl (C=O) groups is 1. The van der Waals surface area contributed by atoms with Crippen LogP contribution in [0.2, 0.25) is 0 Å². The van der Waals surface area contributed by atoms with Crippen LogP contribution in [0.5, 0.6) is 0 Å². The van der Waals surface area contributed by atoms with Gasteiger partial charge in [-0.15, -0.1) is 0 Å². The van der Waals surface area contributed by atoms with Gasteiger partial charge in [0.05, 0.1) is 4.90 Å². The first-order valence-corrected chi connectivity index (χ1v) is 13.3. The smallest absolute Gasteiger partial charge is 0.271 e. The van der Waals surface area contributed by atoms with Gasteiger partial charge >= 0.3 is 0 Å². The number of hydrogen-bond acceptors (Lipinski definition) is 4. The highest BCUT2D eigenvalue weighted by Crippen LogP contribution is 2.40. The Kier molecular flexibility index (Phi) is 7.04. The lowest BCUT2D eigenvalue weighted by molar-refractivity contribution is 0.0901. The molecule has 3 rings (SSSR count). The van der Waals surface area contributed by atoms with Gasteiger partial charge in [0.2, 0.25) is 0 Å². The van der Waals surface area contributed by atoms with Crippen LogP contribution in [0, 0.1) is 17.8 Å². The van der Waals surface area contributed by atoms with Crippen LogP contribution < -0.4 is 10.0 Å². The van der Waals surface area contributed by atoms with Gasteiger partial charge in [0.1, 0.15) is 11.4 Å². The molecule has 1 amide bonds. The fraction of sp³-hybridized carbons (Fsp3) is 0.538. The van der Waals surface area contributed by atoms with Crippen LogP contribution in [-0.4, -0.2) is 30.1 Å². The van der Waals surface area contributed by atoms with Crippen molar-refractivity contribution in [3.8, 4) is 0 Å². The number of rotatable bonds is 6. The van der Waals surface area contributed by atoms with E-state index in [1.165, 1.54) is 4.68 Å². The molecule has 34 heavy (non-hydrogen) atoms. The van der Waals surface area contributed by atoms with Gasteiger partial charge < -0.3 is 5.32 Å². The Bertz CT molecular complexity index is 1200. The van der Waals surface area contributed by atoms with E-state index in [0.717, 1.165) is 30.4 Å². The summed E-state index contributed by atoms with van der Waals surface area (Å²) in [4.78, 5) is 13.5. The second kappa shape index (κ2) is 9.21. The second-order valence-corrected chi connectivity index (χ2v) is 13.0. The molecule has 0 radical (unpaired) electrons. The van der Waals surface area contributed by atoms with Crippen LogP contribution in [0.25, 0.3) is 5.57 Å². The van der Waals surface area contributed by atoms with Gasteiger partial charge in [-0.05, 0) is 61.6 Å². The molecule has 2 N–H and O–H groups in total. The molecule has 1 aliphatic carbocycles. The number of aryl methyl sites for hydroxylation is 2. The zero-order valence-electron chi connectivity index (χ0n) is 21.6. The Morgan fingerprint density at radius 1 is 1.18 bits per heavy atom. The van der Waals surface area contributed by atoms with E-state index >= 15 is 0 Å². The fourth-order valence-electron chi connectivity index (χ4n) is 3.79. The molecule has 1 aromatic heterocycles. The number of nitrogens with one attached hydrogen (secondary N) is 2. The normalized spacial score (nSPS) is 17.1. The third-order valence-corrected chi connectivity index (χ3v) is 8.12. The van der Waals surface area contributed by atoms with Gasteiger partial charge in [0, 0.05) is 13.1 Å². The van der Waals surface area contributed by atoms with Gasteiger partial charge in [-0.3, -0.25) is 14.2 Å². The summed E-state index contributed by atoms with van der Waals surface area (Å²) in [6, 6.07) is 6.51. The SMILES string of the molecule is Cc1ccc(S(=O)(=O)Nc2c(C3=CCC(C)(C)CC3)nn(C)c2C(=O)NC(C)C(C)(C)C)cc1. The lowest BCUT2D eigenvalue weighted by Crippen LogP contribution is -2.42. The minimum Gasteiger partial charge on any atom is -0.348 e. The number of hydrogen-bond donors (Lipinski definition) is 2. The van der Waals surface area contributed by atoms with Crippen LogP contribution in [-0.2, 0) is 17.1 Å². The highest BCUT2D eigenvalue weighted by Gasteiger charge is 2.32. The lowest BCUT2D eigenvalue weighted by Gasteiger charge is -2.28. The Hall–Kier alpha value is -2.61. The van der Waals surface area contributed by atoms with E-state index in [4.69, 9.17) is 0 Å². The summed E-state index contributed by atoms with van der Waals surface area (Å²) < 4.78 is 30.8. The topological polar surface area (TPSA) is 93.1 Å². The van der Waals surface area contributed by atoms with Crippen molar-refractivity contribution in [2.45, 2.75) is 78.7 Å². The molecule has 1 unspecified atom stereocenters. The number of amides is 1. The number of carbonyl (C=O) groups excluding carboxylic acids is 1. The lowest BCUT2D eigenvalue weighted by atomic mass is 9.77. The molecule has 7 nitrogen and oxygen atoms in total. The quantitative estimate of drug-likeness (QED) is 0.580. The van der Waals surface area contributed by atoms with E-state index in [1.807, 2.05) is 34.6 Å². The van der Waals surface area contributed by atoms with Crippen molar-refractivity contribution in [2.75, 3.05) is 4.72 Å². The van der Waals surface area contributed by atoms with Crippen LogP contribution in [0.15, 0.2) is 35.2 Å². The first kappa shape index (κ1) is 26.0. The Balaban J connectivity index is 2.09. The molecule has 2 aromatic rings. The Morgan fingerprint density at radius 3 is 2.32 bits per heavy atom. The number of nitrogens with zero attached hydrogens (tertiary/aromatic N) is 2. The molecule has 0 bridgehead atoms. The molecule has 0 fully saturated rings. The molecule has 0 saturated heterocycles. The van der Waals surface area contributed by atoms with Crippen molar-refractivity contribution >= 4 is 27.2 Å². The highest BCUT2D eigenvalue weighted by atomic mass is 32.2. The van der Waals surface area contributed by atoms with Crippen molar-refractivity contribution in [1.82, 2.24) is 15.1 Å². The average Bonchev–Trinajstić information content (AvgIpc) is 3.02. The molecule has 1 atom stereocenters. The fourth-order valence-corrected chi connectivity index (χ4v) is 4.86. The molecule has 0 saturated carbocycles.